The van der Waals surface area contributed by atoms with Crippen molar-refractivity contribution in [3.8, 4) is 11.5 Å². The van der Waals surface area contributed by atoms with Gasteiger partial charge in [-0.05, 0) is 42.0 Å². The van der Waals surface area contributed by atoms with Gasteiger partial charge in [-0.25, -0.2) is 5.43 Å². The highest BCUT2D eigenvalue weighted by atomic mass is 32.1. The van der Waals surface area contributed by atoms with Gasteiger partial charge in [0.25, 0.3) is 5.91 Å². The number of hydrogen-bond donors (Lipinski definition) is 2. The van der Waals surface area contributed by atoms with Crippen LogP contribution in [0.1, 0.15) is 29.9 Å². The van der Waals surface area contributed by atoms with Crippen LogP contribution < -0.4 is 20.2 Å². The van der Waals surface area contributed by atoms with Gasteiger partial charge in [-0.15, -0.1) is 11.3 Å². The Labute approximate surface area is 167 Å². The van der Waals surface area contributed by atoms with Crippen molar-refractivity contribution in [2.45, 2.75) is 33.2 Å². The third-order valence-corrected chi connectivity index (χ3v) is 5.20. The molecule has 0 radical (unpaired) electrons. The zero-order chi connectivity index (χ0) is 20.1. The second-order valence-corrected chi connectivity index (χ2v) is 7.87. The lowest BCUT2D eigenvalue weighted by Crippen LogP contribution is -2.49. The zero-order valence-corrected chi connectivity index (χ0v) is 16.8. The summed E-state index contributed by atoms with van der Waals surface area (Å²) in [6, 6.07) is 6.81. The molecular weight excluding hydrogens is 378 g/mol. The number of fused-ring (bicyclic) bond motifs is 1. The van der Waals surface area contributed by atoms with Crippen LogP contribution in [-0.2, 0) is 16.0 Å². The predicted molar refractivity (Wildman–Crippen MR) is 108 cm³/mol. The van der Waals surface area contributed by atoms with Gasteiger partial charge >= 0.3 is 0 Å². The van der Waals surface area contributed by atoms with Crippen molar-refractivity contribution in [3.63, 3.8) is 0 Å². The number of benzene rings is 1. The van der Waals surface area contributed by atoms with Crippen molar-refractivity contribution in [2.24, 2.45) is 11.0 Å². The van der Waals surface area contributed by atoms with E-state index in [2.05, 4.69) is 15.8 Å². The topological polar surface area (TPSA) is 89.0 Å². The number of hydrogen-bond acceptors (Lipinski definition) is 6. The quantitative estimate of drug-likeness (QED) is 0.551. The molecule has 0 saturated heterocycles. The van der Waals surface area contributed by atoms with E-state index in [-0.39, 0.29) is 30.9 Å². The van der Waals surface area contributed by atoms with Gasteiger partial charge in [0.15, 0.2) is 11.5 Å². The van der Waals surface area contributed by atoms with Crippen molar-refractivity contribution in [1.82, 2.24) is 10.7 Å². The van der Waals surface area contributed by atoms with E-state index in [9.17, 15) is 9.59 Å². The van der Waals surface area contributed by atoms with Crippen LogP contribution in [0, 0.1) is 12.8 Å². The van der Waals surface area contributed by atoms with Crippen molar-refractivity contribution in [1.29, 1.82) is 0 Å². The van der Waals surface area contributed by atoms with Crippen LogP contribution in [0.15, 0.2) is 34.7 Å². The van der Waals surface area contributed by atoms with Gasteiger partial charge in [0.1, 0.15) is 6.04 Å². The lowest BCUT2D eigenvalue weighted by Gasteiger charge is -2.20. The average molecular weight is 401 g/mol. The monoisotopic (exact) mass is 401 g/mol. The third kappa shape index (κ3) is 4.89. The van der Waals surface area contributed by atoms with Crippen LogP contribution in [0.4, 0.5) is 0 Å². The lowest BCUT2D eigenvalue weighted by atomic mass is 10.0. The molecular formula is C20H23N3O4S. The number of nitrogens with one attached hydrogen (secondary N) is 2. The summed E-state index contributed by atoms with van der Waals surface area (Å²) < 4.78 is 10.7. The number of hydrazone groups is 1. The van der Waals surface area contributed by atoms with Gasteiger partial charge in [0, 0.05) is 10.4 Å². The Hall–Kier alpha value is -2.87. The fourth-order valence-corrected chi connectivity index (χ4v) is 3.47. The first-order valence-electron chi connectivity index (χ1n) is 8.99. The summed E-state index contributed by atoms with van der Waals surface area (Å²) >= 11 is 1.51. The smallest absolute Gasteiger partial charge is 0.262 e. The minimum atomic E-state index is -0.664. The predicted octanol–water partition coefficient (Wildman–Crippen LogP) is 2.62. The highest BCUT2D eigenvalue weighted by Crippen LogP contribution is 2.34. The van der Waals surface area contributed by atoms with E-state index in [0.29, 0.717) is 11.5 Å². The van der Waals surface area contributed by atoms with Crippen LogP contribution in [0.2, 0.25) is 0 Å². The highest BCUT2D eigenvalue weighted by molar-refractivity contribution is 7.10. The standard InChI is InChI=1S/C20H23N3O4S/c1-12(2)19(22-18(24)9-15-5-4-6-28-15)20(25)23-21-10-14-8-17-16(7-13(14)3)26-11-27-17/h4-8,10,12,19H,9,11H2,1-3H3,(H,22,24)(H,23,25)/b21-10+/t19-/m1/s1. The SMILES string of the molecule is Cc1cc2c(cc1/C=N/NC(=O)[C@H](NC(=O)Cc1cccs1)C(C)C)OCO2. The average Bonchev–Trinajstić information content (AvgIpc) is 3.30. The van der Waals surface area contributed by atoms with Crippen LogP contribution in [0.5, 0.6) is 11.5 Å². The van der Waals surface area contributed by atoms with E-state index in [0.717, 1.165) is 16.0 Å². The zero-order valence-electron chi connectivity index (χ0n) is 16.0. The lowest BCUT2D eigenvalue weighted by molar-refractivity contribution is -0.129. The molecule has 1 aliphatic rings. The Morgan fingerprint density at radius 3 is 2.71 bits per heavy atom. The molecule has 0 bridgehead atoms. The van der Waals surface area contributed by atoms with E-state index < -0.39 is 6.04 Å². The van der Waals surface area contributed by atoms with Gasteiger partial charge in [-0.3, -0.25) is 9.59 Å². The number of rotatable bonds is 7. The van der Waals surface area contributed by atoms with Crippen LogP contribution in [0.3, 0.4) is 0 Å². The number of amides is 2. The summed E-state index contributed by atoms with van der Waals surface area (Å²) in [6.45, 7) is 5.88. The minimum absolute atomic E-state index is 0.0743. The first kappa shape index (κ1) is 19.9. The molecule has 2 aromatic rings. The van der Waals surface area contributed by atoms with Crippen LogP contribution in [0.25, 0.3) is 0 Å². The number of nitrogens with zero attached hydrogens (tertiary/aromatic N) is 1. The molecule has 3 rings (SSSR count). The molecule has 28 heavy (non-hydrogen) atoms. The molecule has 1 aromatic carbocycles. The fraction of sp³-hybridized carbons (Fsp3) is 0.350. The van der Waals surface area contributed by atoms with Gasteiger partial charge in [-0.1, -0.05) is 19.9 Å². The molecule has 7 nitrogen and oxygen atoms in total. The maximum Gasteiger partial charge on any atom is 0.262 e. The summed E-state index contributed by atoms with van der Waals surface area (Å²) in [5.41, 5.74) is 4.28. The molecule has 1 aliphatic heterocycles. The van der Waals surface area contributed by atoms with E-state index in [4.69, 9.17) is 9.47 Å². The molecule has 0 fully saturated rings. The highest BCUT2D eigenvalue weighted by Gasteiger charge is 2.24. The van der Waals surface area contributed by atoms with Gasteiger partial charge in [-0.2, -0.15) is 5.10 Å². The molecule has 2 heterocycles. The van der Waals surface area contributed by atoms with Crippen molar-refractivity contribution in [2.75, 3.05) is 6.79 Å². The third-order valence-electron chi connectivity index (χ3n) is 4.32. The van der Waals surface area contributed by atoms with E-state index in [1.807, 2.05) is 50.4 Å². The molecule has 1 atom stereocenters. The van der Waals surface area contributed by atoms with Crippen LogP contribution in [-0.4, -0.2) is 30.9 Å². The van der Waals surface area contributed by atoms with Gasteiger partial charge in [0.05, 0.1) is 12.6 Å². The minimum Gasteiger partial charge on any atom is -0.454 e. The summed E-state index contributed by atoms with van der Waals surface area (Å²) in [5.74, 6) is 0.733. The molecule has 0 spiro atoms. The Balaban J connectivity index is 1.59. The molecule has 148 valence electrons. The Morgan fingerprint density at radius 2 is 2.04 bits per heavy atom. The number of ether oxygens (including phenoxy) is 2. The molecule has 0 unspecified atom stereocenters. The van der Waals surface area contributed by atoms with Gasteiger partial charge in [0.2, 0.25) is 12.7 Å². The summed E-state index contributed by atoms with van der Waals surface area (Å²) in [5, 5.41) is 8.76. The molecule has 0 aliphatic carbocycles. The molecule has 2 N–H and O–H groups in total. The second-order valence-electron chi connectivity index (χ2n) is 6.84. The first-order chi connectivity index (χ1) is 13.4. The maximum absolute atomic E-state index is 12.5. The summed E-state index contributed by atoms with van der Waals surface area (Å²) in [4.78, 5) is 25.7. The van der Waals surface area contributed by atoms with Crippen LogP contribution >= 0.6 is 11.3 Å². The van der Waals surface area contributed by atoms with E-state index >= 15 is 0 Å². The number of thiophene rings is 1. The Morgan fingerprint density at radius 1 is 1.29 bits per heavy atom. The fourth-order valence-electron chi connectivity index (χ4n) is 2.76. The molecule has 2 amide bonds. The molecule has 8 heteroatoms. The largest absolute Gasteiger partial charge is 0.454 e. The van der Waals surface area contributed by atoms with Crippen molar-refractivity contribution < 1.29 is 19.1 Å². The molecule has 1 aromatic heterocycles. The number of carbonyl (C=O) groups is 2. The Kier molecular flexibility index (Phi) is 6.30. The first-order valence-corrected chi connectivity index (χ1v) is 9.87. The second kappa shape index (κ2) is 8.88. The van der Waals surface area contributed by atoms with Crippen molar-refractivity contribution in [3.05, 3.63) is 45.6 Å². The normalized spacial score (nSPS) is 13.7. The van der Waals surface area contributed by atoms with E-state index in [1.165, 1.54) is 11.3 Å². The maximum atomic E-state index is 12.5. The molecule has 0 saturated carbocycles. The van der Waals surface area contributed by atoms with E-state index in [1.54, 1.807) is 6.21 Å². The number of carbonyl (C=O) groups excluding carboxylic acids is 2. The Bertz CT molecular complexity index is 878. The summed E-state index contributed by atoms with van der Waals surface area (Å²) in [7, 11) is 0. The van der Waals surface area contributed by atoms with Gasteiger partial charge < -0.3 is 14.8 Å². The summed E-state index contributed by atoms with van der Waals surface area (Å²) in [6.07, 6.45) is 1.81. The van der Waals surface area contributed by atoms with Crippen molar-refractivity contribution >= 4 is 29.4 Å². The number of aryl methyl sites for hydroxylation is 1.